The van der Waals surface area contributed by atoms with Gasteiger partial charge >= 0.3 is 0 Å². The molecule has 1 aliphatic rings. The van der Waals surface area contributed by atoms with Crippen molar-refractivity contribution in [2.24, 2.45) is 0 Å². The molecule has 0 radical (unpaired) electrons. The standard InChI is InChI=1S/C20H19N5O/c1-13-9-10-16-15(11-13)19(26)25(3)17-12-21-20(23-18(17)24(16)2)22-14-7-5-4-6-8-14/h4-12H,1-3H3,(H,21,22,23). The summed E-state index contributed by atoms with van der Waals surface area (Å²) < 4.78 is 0. The summed E-state index contributed by atoms with van der Waals surface area (Å²) in [6.07, 6.45) is 1.68. The number of rotatable bonds is 2. The fourth-order valence-electron chi connectivity index (χ4n) is 3.08. The maximum absolute atomic E-state index is 12.9. The van der Waals surface area contributed by atoms with Crippen molar-refractivity contribution in [2.75, 3.05) is 29.2 Å². The van der Waals surface area contributed by atoms with Crippen LogP contribution in [-0.4, -0.2) is 30.0 Å². The highest BCUT2D eigenvalue weighted by molar-refractivity contribution is 6.13. The number of anilines is 5. The molecule has 26 heavy (non-hydrogen) atoms. The van der Waals surface area contributed by atoms with E-state index in [1.54, 1.807) is 18.1 Å². The highest BCUT2D eigenvalue weighted by Crippen LogP contribution is 2.38. The third-order valence-corrected chi connectivity index (χ3v) is 4.51. The maximum atomic E-state index is 12.9. The van der Waals surface area contributed by atoms with Gasteiger partial charge in [-0.3, -0.25) is 4.79 Å². The molecule has 3 aromatic rings. The van der Waals surface area contributed by atoms with Gasteiger partial charge < -0.3 is 15.1 Å². The second kappa shape index (κ2) is 6.15. The molecule has 1 aromatic heterocycles. The molecule has 130 valence electrons. The van der Waals surface area contributed by atoms with Gasteiger partial charge in [-0.25, -0.2) is 4.98 Å². The van der Waals surface area contributed by atoms with E-state index in [0.29, 0.717) is 23.0 Å². The lowest BCUT2D eigenvalue weighted by atomic mass is 10.1. The van der Waals surface area contributed by atoms with Crippen molar-refractivity contribution in [3.8, 4) is 0 Å². The zero-order valence-corrected chi connectivity index (χ0v) is 14.9. The summed E-state index contributed by atoms with van der Waals surface area (Å²) in [6, 6.07) is 15.6. The first-order chi connectivity index (χ1) is 12.5. The fourth-order valence-corrected chi connectivity index (χ4v) is 3.08. The first-order valence-corrected chi connectivity index (χ1v) is 8.36. The van der Waals surface area contributed by atoms with Crippen molar-refractivity contribution in [3.05, 3.63) is 65.9 Å². The SMILES string of the molecule is Cc1ccc2c(c1)C(=O)N(C)c1cnc(Nc3ccccc3)nc1N2C. The number of hydrogen-bond donors (Lipinski definition) is 1. The van der Waals surface area contributed by atoms with Gasteiger partial charge in [0.05, 0.1) is 17.4 Å². The molecule has 2 heterocycles. The molecular formula is C20H19N5O. The van der Waals surface area contributed by atoms with Crippen molar-refractivity contribution >= 4 is 34.7 Å². The lowest BCUT2D eigenvalue weighted by Crippen LogP contribution is -2.25. The second-order valence-corrected chi connectivity index (χ2v) is 6.34. The number of nitrogens with one attached hydrogen (secondary N) is 1. The van der Waals surface area contributed by atoms with Crippen LogP contribution in [0.1, 0.15) is 15.9 Å². The summed E-state index contributed by atoms with van der Waals surface area (Å²) in [6.45, 7) is 1.98. The molecule has 0 unspecified atom stereocenters. The predicted molar refractivity (Wildman–Crippen MR) is 104 cm³/mol. The van der Waals surface area contributed by atoms with E-state index < -0.39 is 0 Å². The first-order valence-electron chi connectivity index (χ1n) is 8.36. The van der Waals surface area contributed by atoms with E-state index in [9.17, 15) is 4.79 Å². The van der Waals surface area contributed by atoms with E-state index in [4.69, 9.17) is 0 Å². The topological polar surface area (TPSA) is 61.4 Å². The summed E-state index contributed by atoms with van der Waals surface area (Å²) in [5, 5.41) is 3.20. The van der Waals surface area contributed by atoms with Crippen LogP contribution in [0, 0.1) is 6.92 Å². The summed E-state index contributed by atoms with van der Waals surface area (Å²) in [5.74, 6) is 1.09. The maximum Gasteiger partial charge on any atom is 0.260 e. The Kier molecular flexibility index (Phi) is 3.80. The van der Waals surface area contributed by atoms with E-state index >= 15 is 0 Å². The molecule has 1 amide bonds. The van der Waals surface area contributed by atoms with E-state index in [-0.39, 0.29) is 5.91 Å². The second-order valence-electron chi connectivity index (χ2n) is 6.34. The van der Waals surface area contributed by atoms with Gasteiger partial charge in [0.2, 0.25) is 5.95 Å². The molecule has 0 bridgehead atoms. The van der Waals surface area contributed by atoms with Crippen LogP contribution in [0.2, 0.25) is 0 Å². The molecule has 4 rings (SSSR count). The highest BCUT2D eigenvalue weighted by Gasteiger charge is 2.29. The summed E-state index contributed by atoms with van der Waals surface area (Å²) >= 11 is 0. The Hall–Kier alpha value is -3.41. The number of benzene rings is 2. The number of aryl methyl sites for hydroxylation is 1. The van der Waals surface area contributed by atoms with Crippen LogP contribution in [0.3, 0.4) is 0 Å². The van der Waals surface area contributed by atoms with Crippen LogP contribution in [0.15, 0.2) is 54.7 Å². The molecule has 1 N–H and O–H groups in total. The number of aromatic nitrogens is 2. The number of fused-ring (bicyclic) bond motifs is 2. The molecule has 0 atom stereocenters. The van der Waals surface area contributed by atoms with Gasteiger partial charge in [0, 0.05) is 19.8 Å². The molecule has 0 saturated heterocycles. The Labute approximate surface area is 152 Å². The van der Waals surface area contributed by atoms with Crippen molar-refractivity contribution < 1.29 is 4.79 Å². The Morgan fingerprint density at radius 1 is 0.962 bits per heavy atom. The molecule has 0 aliphatic carbocycles. The van der Waals surface area contributed by atoms with Crippen molar-refractivity contribution in [1.82, 2.24) is 9.97 Å². The number of carbonyl (C=O) groups excluding carboxylic acids is 1. The summed E-state index contributed by atoms with van der Waals surface area (Å²) in [4.78, 5) is 25.5. The van der Waals surface area contributed by atoms with E-state index in [1.807, 2.05) is 67.4 Å². The van der Waals surface area contributed by atoms with E-state index in [1.165, 1.54) is 0 Å². The van der Waals surface area contributed by atoms with E-state index in [2.05, 4.69) is 15.3 Å². The largest absolute Gasteiger partial charge is 0.327 e. The van der Waals surface area contributed by atoms with Crippen molar-refractivity contribution in [3.63, 3.8) is 0 Å². The van der Waals surface area contributed by atoms with Crippen LogP contribution < -0.4 is 15.1 Å². The number of amides is 1. The first kappa shape index (κ1) is 16.1. The zero-order valence-electron chi connectivity index (χ0n) is 14.9. The minimum absolute atomic E-state index is 0.0679. The smallest absolute Gasteiger partial charge is 0.260 e. The predicted octanol–water partition coefficient (Wildman–Crippen LogP) is 3.89. The van der Waals surface area contributed by atoms with Gasteiger partial charge in [-0.2, -0.15) is 4.98 Å². The fraction of sp³-hybridized carbons (Fsp3) is 0.150. The third-order valence-electron chi connectivity index (χ3n) is 4.51. The average molecular weight is 345 g/mol. The molecule has 0 spiro atoms. The molecule has 0 saturated carbocycles. The number of hydrogen-bond acceptors (Lipinski definition) is 5. The summed E-state index contributed by atoms with van der Waals surface area (Å²) in [7, 11) is 3.67. The molecule has 1 aliphatic heterocycles. The molecular weight excluding hydrogens is 326 g/mol. The van der Waals surface area contributed by atoms with E-state index in [0.717, 1.165) is 16.9 Å². The average Bonchev–Trinajstić information content (AvgIpc) is 2.73. The summed E-state index contributed by atoms with van der Waals surface area (Å²) in [5.41, 5.74) is 4.11. The van der Waals surface area contributed by atoms with Gasteiger partial charge in [-0.1, -0.05) is 29.8 Å². The van der Waals surface area contributed by atoms with Gasteiger partial charge in [-0.05, 0) is 31.2 Å². The van der Waals surface area contributed by atoms with Gasteiger partial charge in [0.1, 0.15) is 5.69 Å². The third kappa shape index (κ3) is 2.65. The molecule has 0 fully saturated rings. The number of nitrogens with zero attached hydrogens (tertiary/aromatic N) is 4. The monoisotopic (exact) mass is 345 g/mol. The lowest BCUT2D eigenvalue weighted by Gasteiger charge is -2.21. The van der Waals surface area contributed by atoms with Gasteiger partial charge in [-0.15, -0.1) is 0 Å². The van der Waals surface area contributed by atoms with Gasteiger partial charge in [0.15, 0.2) is 5.82 Å². The minimum atomic E-state index is -0.0679. The molecule has 6 heteroatoms. The van der Waals surface area contributed by atoms with Gasteiger partial charge in [0.25, 0.3) is 5.91 Å². The Morgan fingerprint density at radius 3 is 2.50 bits per heavy atom. The number of para-hydroxylation sites is 1. The van der Waals surface area contributed by atoms with Crippen LogP contribution in [0.5, 0.6) is 0 Å². The molecule has 2 aromatic carbocycles. The Balaban J connectivity index is 1.81. The van der Waals surface area contributed by atoms with Crippen LogP contribution >= 0.6 is 0 Å². The Morgan fingerprint density at radius 2 is 1.73 bits per heavy atom. The highest BCUT2D eigenvalue weighted by atomic mass is 16.2. The number of carbonyl (C=O) groups is 1. The molecule has 6 nitrogen and oxygen atoms in total. The van der Waals surface area contributed by atoms with Crippen LogP contribution in [0.4, 0.5) is 28.8 Å². The quantitative estimate of drug-likeness (QED) is 0.763. The Bertz CT molecular complexity index is 987. The van der Waals surface area contributed by atoms with Crippen LogP contribution in [0.25, 0.3) is 0 Å². The zero-order chi connectivity index (χ0) is 18.3. The minimum Gasteiger partial charge on any atom is -0.327 e. The lowest BCUT2D eigenvalue weighted by molar-refractivity contribution is 0.0994. The normalized spacial score (nSPS) is 13.1. The van der Waals surface area contributed by atoms with Crippen molar-refractivity contribution in [1.29, 1.82) is 0 Å². The van der Waals surface area contributed by atoms with Crippen molar-refractivity contribution in [2.45, 2.75) is 6.92 Å². The van der Waals surface area contributed by atoms with Crippen LogP contribution in [-0.2, 0) is 0 Å².